The van der Waals surface area contributed by atoms with Crippen LogP contribution >= 0.6 is 0 Å². The molecule has 0 fully saturated rings. The van der Waals surface area contributed by atoms with E-state index in [9.17, 15) is 0 Å². The van der Waals surface area contributed by atoms with Gasteiger partial charge in [-0.15, -0.1) is 0 Å². The van der Waals surface area contributed by atoms with E-state index >= 15 is 0 Å². The molecule has 4 heteroatoms. The number of nitrogens with one attached hydrogen (secondary N) is 1. The Labute approximate surface area is 151 Å². The Bertz CT molecular complexity index is 637. The molecule has 4 nitrogen and oxygen atoms in total. The standard InChI is InChI=1S/C21H30N2O2/c1-5-23(6-2)19-10-7-18(8-11-19)16-22-14-13-17-9-12-20(24-3)21(15-17)25-4/h7-12,15,22H,5-6,13-14,16H2,1-4H3. The molecule has 0 bridgehead atoms. The van der Waals surface area contributed by atoms with Crippen molar-refractivity contribution in [3.8, 4) is 11.5 Å². The smallest absolute Gasteiger partial charge is 0.160 e. The highest BCUT2D eigenvalue weighted by Gasteiger charge is 2.05. The first-order valence-corrected chi connectivity index (χ1v) is 8.97. The van der Waals surface area contributed by atoms with Gasteiger partial charge in [0.15, 0.2) is 11.5 Å². The van der Waals surface area contributed by atoms with E-state index in [1.807, 2.05) is 12.1 Å². The number of ether oxygens (including phenoxy) is 2. The summed E-state index contributed by atoms with van der Waals surface area (Å²) in [5, 5.41) is 3.51. The molecule has 0 aliphatic rings. The second kappa shape index (κ2) is 9.94. The fourth-order valence-electron chi connectivity index (χ4n) is 2.91. The zero-order valence-corrected chi connectivity index (χ0v) is 15.8. The van der Waals surface area contributed by atoms with Crippen molar-refractivity contribution in [3.05, 3.63) is 53.6 Å². The molecule has 0 aliphatic heterocycles. The number of methoxy groups -OCH3 is 2. The first-order chi connectivity index (χ1) is 12.2. The summed E-state index contributed by atoms with van der Waals surface area (Å²) in [4.78, 5) is 2.36. The highest BCUT2D eigenvalue weighted by molar-refractivity contribution is 5.47. The van der Waals surface area contributed by atoms with Crippen LogP contribution in [-0.4, -0.2) is 33.9 Å². The van der Waals surface area contributed by atoms with Gasteiger partial charge in [-0.3, -0.25) is 0 Å². The van der Waals surface area contributed by atoms with E-state index in [1.54, 1.807) is 14.2 Å². The van der Waals surface area contributed by atoms with Crippen molar-refractivity contribution < 1.29 is 9.47 Å². The lowest BCUT2D eigenvalue weighted by Gasteiger charge is -2.21. The van der Waals surface area contributed by atoms with Crippen LogP contribution in [0.2, 0.25) is 0 Å². The van der Waals surface area contributed by atoms with Gasteiger partial charge in [0, 0.05) is 25.3 Å². The molecule has 2 rings (SSSR count). The van der Waals surface area contributed by atoms with Gasteiger partial charge in [0.05, 0.1) is 14.2 Å². The van der Waals surface area contributed by atoms with Crippen molar-refractivity contribution >= 4 is 5.69 Å². The zero-order chi connectivity index (χ0) is 18.1. The number of hydrogen-bond acceptors (Lipinski definition) is 4. The van der Waals surface area contributed by atoms with Crippen LogP contribution in [-0.2, 0) is 13.0 Å². The summed E-state index contributed by atoms with van der Waals surface area (Å²) in [6.45, 7) is 8.26. The van der Waals surface area contributed by atoms with Crippen LogP contribution in [0.5, 0.6) is 11.5 Å². The second-order valence-corrected chi connectivity index (χ2v) is 5.95. The van der Waals surface area contributed by atoms with Crippen LogP contribution in [0.1, 0.15) is 25.0 Å². The van der Waals surface area contributed by atoms with E-state index in [1.165, 1.54) is 16.8 Å². The molecule has 0 radical (unpaired) electrons. The fourth-order valence-corrected chi connectivity index (χ4v) is 2.91. The van der Waals surface area contributed by atoms with Crippen molar-refractivity contribution in [3.63, 3.8) is 0 Å². The number of benzene rings is 2. The maximum Gasteiger partial charge on any atom is 0.160 e. The molecule has 0 aromatic heterocycles. The third-order valence-corrected chi connectivity index (χ3v) is 4.43. The molecule has 0 atom stereocenters. The van der Waals surface area contributed by atoms with Gasteiger partial charge in [-0.05, 0) is 62.2 Å². The second-order valence-electron chi connectivity index (χ2n) is 5.95. The van der Waals surface area contributed by atoms with Crippen LogP contribution in [0.3, 0.4) is 0 Å². The highest BCUT2D eigenvalue weighted by Crippen LogP contribution is 2.27. The van der Waals surface area contributed by atoms with E-state index in [-0.39, 0.29) is 0 Å². The van der Waals surface area contributed by atoms with Crippen LogP contribution in [0.25, 0.3) is 0 Å². The monoisotopic (exact) mass is 342 g/mol. The minimum absolute atomic E-state index is 0.771. The summed E-state index contributed by atoms with van der Waals surface area (Å²) in [5.74, 6) is 1.56. The normalized spacial score (nSPS) is 10.6. The minimum Gasteiger partial charge on any atom is -0.493 e. The number of rotatable bonds is 10. The maximum absolute atomic E-state index is 5.35. The van der Waals surface area contributed by atoms with Crippen molar-refractivity contribution in [2.75, 3.05) is 38.8 Å². The molecule has 0 saturated carbocycles. The molecule has 25 heavy (non-hydrogen) atoms. The largest absolute Gasteiger partial charge is 0.493 e. The SMILES string of the molecule is CCN(CC)c1ccc(CNCCc2ccc(OC)c(OC)c2)cc1. The van der Waals surface area contributed by atoms with Gasteiger partial charge < -0.3 is 19.7 Å². The Kier molecular flexibility index (Phi) is 7.61. The van der Waals surface area contributed by atoms with E-state index in [2.05, 4.69) is 54.4 Å². The Morgan fingerprint density at radius 3 is 2.08 bits per heavy atom. The minimum atomic E-state index is 0.771. The lowest BCUT2D eigenvalue weighted by atomic mass is 10.1. The molecule has 1 N–H and O–H groups in total. The van der Waals surface area contributed by atoms with Gasteiger partial charge in [0.1, 0.15) is 0 Å². The average Bonchev–Trinajstić information content (AvgIpc) is 2.67. The Balaban J connectivity index is 1.81. The van der Waals surface area contributed by atoms with E-state index in [0.717, 1.165) is 44.1 Å². The van der Waals surface area contributed by atoms with Crippen molar-refractivity contribution in [1.82, 2.24) is 5.32 Å². The summed E-state index contributed by atoms with van der Waals surface area (Å²) in [6, 6.07) is 14.9. The molecule has 2 aromatic carbocycles. The van der Waals surface area contributed by atoms with Crippen LogP contribution in [0.4, 0.5) is 5.69 Å². The van der Waals surface area contributed by atoms with Gasteiger partial charge in [0.25, 0.3) is 0 Å². The summed E-state index contributed by atoms with van der Waals surface area (Å²) in [6.07, 6.45) is 0.956. The average molecular weight is 342 g/mol. The Morgan fingerprint density at radius 2 is 1.48 bits per heavy atom. The summed E-state index contributed by atoms with van der Waals surface area (Å²) < 4.78 is 10.6. The molecule has 0 amide bonds. The molecule has 0 heterocycles. The van der Waals surface area contributed by atoms with Crippen LogP contribution < -0.4 is 19.7 Å². The molecular formula is C21H30N2O2. The summed E-state index contributed by atoms with van der Waals surface area (Å²) >= 11 is 0. The molecule has 0 unspecified atom stereocenters. The lowest BCUT2D eigenvalue weighted by Crippen LogP contribution is -2.21. The molecule has 2 aromatic rings. The van der Waals surface area contributed by atoms with E-state index < -0.39 is 0 Å². The van der Waals surface area contributed by atoms with E-state index in [4.69, 9.17) is 9.47 Å². The predicted molar refractivity (Wildman–Crippen MR) is 105 cm³/mol. The third kappa shape index (κ3) is 5.40. The van der Waals surface area contributed by atoms with Gasteiger partial charge >= 0.3 is 0 Å². The molecular weight excluding hydrogens is 312 g/mol. The summed E-state index contributed by atoms with van der Waals surface area (Å²) in [5.41, 5.74) is 3.84. The first-order valence-electron chi connectivity index (χ1n) is 8.97. The van der Waals surface area contributed by atoms with Gasteiger partial charge in [-0.25, -0.2) is 0 Å². The quantitative estimate of drug-likeness (QED) is 0.664. The Hall–Kier alpha value is -2.20. The summed E-state index contributed by atoms with van der Waals surface area (Å²) in [7, 11) is 3.33. The zero-order valence-electron chi connectivity index (χ0n) is 15.8. The molecule has 136 valence electrons. The van der Waals surface area contributed by atoms with Crippen LogP contribution in [0.15, 0.2) is 42.5 Å². The predicted octanol–water partition coefficient (Wildman–Crippen LogP) is 3.88. The van der Waals surface area contributed by atoms with E-state index in [0.29, 0.717) is 0 Å². The topological polar surface area (TPSA) is 33.7 Å². The van der Waals surface area contributed by atoms with Crippen molar-refractivity contribution in [2.45, 2.75) is 26.8 Å². The maximum atomic E-state index is 5.35. The first kappa shape index (κ1) is 19.1. The van der Waals surface area contributed by atoms with Crippen molar-refractivity contribution in [2.24, 2.45) is 0 Å². The number of nitrogens with zero attached hydrogens (tertiary/aromatic N) is 1. The van der Waals surface area contributed by atoms with Gasteiger partial charge in [-0.2, -0.15) is 0 Å². The molecule has 0 saturated heterocycles. The highest BCUT2D eigenvalue weighted by atomic mass is 16.5. The van der Waals surface area contributed by atoms with Crippen molar-refractivity contribution in [1.29, 1.82) is 0 Å². The number of anilines is 1. The number of hydrogen-bond donors (Lipinski definition) is 1. The lowest BCUT2D eigenvalue weighted by molar-refractivity contribution is 0.354. The molecule has 0 spiro atoms. The Morgan fingerprint density at radius 1 is 0.840 bits per heavy atom. The fraction of sp³-hybridized carbons (Fsp3) is 0.429. The molecule has 0 aliphatic carbocycles. The van der Waals surface area contributed by atoms with Gasteiger partial charge in [0.2, 0.25) is 0 Å². The third-order valence-electron chi connectivity index (χ3n) is 4.43. The van der Waals surface area contributed by atoms with Gasteiger partial charge in [-0.1, -0.05) is 18.2 Å². The van der Waals surface area contributed by atoms with Crippen LogP contribution in [0, 0.1) is 0 Å².